The summed E-state index contributed by atoms with van der Waals surface area (Å²) in [6.45, 7) is 3.41. The topological polar surface area (TPSA) is 52.6 Å². The van der Waals surface area contributed by atoms with Gasteiger partial charge in [-0.15, -0.1) is 0 Å². The Kier molecular flexibility index (Phi) is 5.28. The molecular weight excluding hydrogens is 300 g/mol. The van der Waals surface area contributed by atoms with E-state index in [1.807, 2.05) is 60.4 Å². The molecule has 0 saturated carbocycles. The molecule has 24 heavy (non-hydrogen) atoms. The van der Waals surface area contributed by atoms with Crippen molar-refractivity contribution in [3.05, 3.63) is 71.8 Å². The van der Waals surface area contributed by atoms with Crippen molar-refractivity contribution >= 4 is 5.91 Å². The van der Waals surface area contributed by atoms with E-state index in [4.69, 9.17) is 0 Å². The summed E-state index contributed by atoms with van der Waals surface area (Å²) >= 11 is 0. The van der Waals surface area contributed by atoms with Crippen LogP contribution in [0.15, 0.2) is 60.7 Å². The van der Waals surface area contributed by atoms with Crippen LogP contribution in [-0.4, -0.2) is 47.7 Å². The van der Waals surface area contributed by atoms with Crippen molar-refractivity contribution in [2.75, 3.05) is 19.7 Å². The highest BCUT2D eigenvalue weighted by atomic mass is 16.3. The number of rotatable bonds is 6. The number of amides is 1. The molecule has 4 heteroatoms. The molecule has 1 heterocycles. The van der Waals surface area contributed by atoms with Crippen LogP contribution in [0, 0.1) is 0 Å². The molecule has 2 aromatic carbocycles. The fourth-order valence-electron chi connectivity index (χ4n) is 3.47. The largest absolute Gasteiger partial charge is 0.395 e. The van der Waals surface area contributed by atoms with Crippen molar-refractivity contribution < 1.29 is 9.90 Å². The fraction of sp³-hybridized carbons (Fsp3) is 0.350. The molecule has 1 saturated heterocycles. The van der Waals surface area contributed by atoms with Crippen molar-refractivity contribution in [3.8, 4) is 0 Å². The smallest absolute Gasteiger partial charge is 0.253 e. The number of hydrogen-bond acceptors (Lipinski definition) is 3. The molecule has 1 aliphatic heterocycles. The first kappa shape index (κ1) is 16.7. The average Bonchev–Trinajstić information content (AvgIpc) is 2.62. The maximum Gasteiger partial charge on any atom is 0.253 e. The lowest BCUT2D eigenvalue weighted by Gasteiger charge is -2.47. The summed E-state index contributed by atoms with van der Waals surface area (Å²) in [6.07, 6.45) is 0. The predicted octanol–water partition coefficient (Wildman–Crippen LogP) is 2.27. The van der Waals surface area contributed by atoms with E-state index in [0.29, 0.717) is 18.7 Å². The molecule has 3 rings (SSSR count). The molecule has 1 fully saturated rings. The molecule has 0 bridgehead atoms. The second-order valence-electron chi connectivity index (χ2n) is 6.21. The molecule has 1 amide bonds. The lowest BCUT2D eigenvalue weighted by atomic mass is 9.77. The van der Waals surface area contributed by atoms with Crippen LogP contribution in [0.3, 0.4) is 0 Å². The number of nitrogens with zero attached hydrogens (tertiary/aromatic N) is 1. The summed E-state index contributed by atoms with van der Waals surface area (Å²) in [5.74, 6) is 0.285. The highest BCUT2D eigenvalue weighted by Gasteiger charge is 2.41. The van der Waals surface area contributed by atoms with Gasteiger partial charge in [0.25, 0.3) is 5.91 Å². The second kappa shape index (κ2) is 7.60. The van der Waals surface area contributed by atoms with E-state index in [0.717, 1.165) is 0 Å². The first-order chi connectivity index (χ1) is 11.7. The minimum atomic E-state index is 0.0548. The number of carbonyl (C=O) groups excluding carboxylic acids is 1. The number of aliphatic hydroxyl groups is 1. The lowest BCUT2D eigenvalue weighted by molar-refractivity contribution is 0.0641. The van der Waals surface area contributed by atoms with Crippen LogP contribution in [0.5, 0.6) is 0 Å². The van der Waals surface area contributed by atoms with Gasteiger partial charge in [0.1, 0.15) is 0 Å². The summed E-state index contributed by atoms with van der Waals surface area (Å²) < 4.78 is 0. The second-order valence-corrected chi connectivity index (χ2v) is 6.21. The Morgan fingerprint density at radius 3 is 2.25 bits per heavy atom. The molecular formula is C20H24N2O2. The number of hydrogen-bond donors (Lipinski definition) is 2. The third-order valence-corrected chi connectivity index (χ3v) is 4.78. The zero-order valence-electron chi connectivity index (χ0n) is 13.9. The third kappa shape index (κ3) is 3.35. The molecule has 0 spiro atoms. The van der Waals surface area contributed by atoms with Gasteiger partial charge in [0.05, 0.1) is 6.61 Å². The van der Waals surface area contributed by atoms with Crippen LogP contribution >= 0.6 is 0 Å². The Bertz CT molecular complexity index is 660. The third-order valence-electron chi connectivity index (χ3n) is 4.78. The van der Waals surface area contributed by atoms with Gasteiger partial charge in [-0.05, 0) is 24.6 Å². The van der Waals surface area contributed by atoms with Crippen LogP contribution < -0.4 is 5.32 Å². The minimum absolute atomic E-state index is 0.0548. The minimum Gasteiger partial charge on any atom is -0.395 e. The summed E-state index contributed by atoms with van der Waals surface area (Å²) in [4.78, 5) is 14.6. The number of likely N-dealkylation sites (N-methyl/N-ethyl adjacent to an activating group) is 1. The summed E-state index contributed by atoms with van der Waals surface area (Å²) in [5, 5.41) is 13.0. The van der Waals surface area contributed by atoms with Gasteiger partial charge in [-0.3, -0.25) is 4.79 Å². The molecule has 0 aromatic heterocycles. The Morgan fingerprint density at radius 1 is 1.04 bits per heavy atom. The lowest BCUT2D eigenvalue weighted by Crippen LogP contribution is -2.65. The molecule has 0 unspecified atom stereocenters. The highest BCUT2D eigenvalue weighted by molar-refractivity contribution is 5.94. The summed E-state index contributed by atoms with van der Waals surface area (Å²) in [5.41, 5.74) is 1.93. The van der Waals surface area contributed by atoms with E-state index in [1.165, 1.54) is 5.56 Å². The molecule has 3 atom stereocenters. The highest BCUT2D eigenvalue weighted by Crippen LogP contribution is 2.32. The first-order valence-corrected chi connectivity index (χ1v) is 8.50. The Labute approximate surface area is 143 Å². The van der Waals surface area contributed by atoms with Gasteiger partial charge in [0.15, 0.2) is 0 Å². The monoisotopic (exact) mass is 324 g/mol. The molecule has 0 aliphatic carbocycles. The number of benzene rings is 2. The Hall–Kier alpha value is -2.17. The van der Waals surface area contributed by atoms with E-state index in [1.54, 1.807) is 0 Å². The number of carbonyl (C=O) groups is 1. The van der Waals surface area contributed by atoms with Crippen LogP contribution in [0.4, 0.5) is 0 Å². The quantitative estimate of drug-likeness (QED) is 0.857. The van der Waals surface area contributed by atoms with Crippen molar-refractivity contribution in [2.45, 2.75) is 24.9 Å². The average molecular weight is 324 g/mol. The zero-order chi connectivity index (χ0) is 16.9. The Morgan fingerprint density at radius 2 is 1.67 bits per heavy atom. The molecule has 4 nitrogen and oxygen atoms in total. The van der Waals surface area contributed by atoms with E-state index >= 15 is 0 Å². The van der Waals surface area contributed by atoms with Crippen LogP contribution in [0.25, 0.3) is 0 Å². The van der Waals surface area contributed by atoms with Gasteiger partial charge in [-0.1, -0.05) is 48.5 Å². The summed E-state index contributed by atoms with van der Waals surface area (Å²) in [6, 6.07) is 19.8. The fourth-order valence-corrected chi connectivity index (χ4v) is 3.47. The van der Waals surface area contributed by atoms with E-state index in [2.05, 4.69) is 17.4 Å². The maximum atomic E-state index is 12.7. The van der Waals surface area contributed by atoms with Gasteiger partial charge < -0.3 is 15.3 Å². The zero-order valence-corrected chi connectivity index (χ0v) is 13.9. The number of nitrogens with one attached hydrogen (secondary N) is 1. The van der Waals surface area contributed by atoms with Gasteiger partial charge in [0, 0.05) is 36.7 Å². The van der Waals surface area contributed by atoms with E-state index in [9.17, 15) is 9.90 Å². The first-order valence-electron chi connectivity index (χ1n) is 8.50. The predicted molar refractivity (Wildman–Crippen MR) is 95.0 cm³/mol. The number of aliphatic hydroxyl groups excluding tert-OH is 1. The standard InChI is InChI=1S/C20H24N2O2/c1-2-22(20(24)16-11-7-4-8-12-16)13-17-19(18(14-23)21-17)15-9-5-3-6-10-15/h3-12,17-19,21,23H,2,13-14H2,1H3/t17-,18+,19+/m0/s1. The van der Waals surface area contributed by atoms with Gasteiger partial charge in [0.2, 0.25) is 0 Å². The summed E-state index contributed by atoms with van der Waals surface area (Å²) in [7, 11) is 0. The normalized spacial score (nSPS) is 22.7. The van der Waals surface area contributed by atoms with Crippen molar-refractivity contribution in [1.29, 1.82) is 0 Å². The van der Waals surface area contributed by atoms with Crippen LogP contribution in [-0.2, 0) is 0 Å². The molecule has 2 N–H and O–H groups in total. The molecule has 1 aliphatic rings. The van der Waals surface area contributed by atoms with Crippen LogP contribution in [0.1, 0.15) is 28.8 Å². The van der Waals surface area contributed by atoms with Crippen molar-refractivity contribution in [2.24, 2.45) is 0 Å². The molecule has 2 aromatic rings. The molecule has 126 valence electrons. The Balaban J connectivity index is 1.72. The van der Waals surface area contributed by atoms with Gasteiger partial charge in [-0.2, -0.15) is 0 Å². The maximum absolute atomic E-state index is 12.7. The molecule has 0 radical (unpaired) electrons. The van der Waals surface area contributed by atoms with E-state index < -0.39 is 0 Å². The van der Waals surface area contributed by atoms with E-state index in [-0.39, 0.29) is 30.5 Å². The van der Waals surface area contributed by atoms with Gasteiger partial charge in [-0.25, -0.2) is 0 Å². The van der Waals surface area contributed by atoms with Crippen LogP contribution in [0.2, 0.25) is 0 Å². The van der Waals surface area contributed by atoms with Crippen molar-refractivity contribution in [1.82, 2.24) is 10.2 Å². The van der Waals surface area contributed by atoms with Gasteiger partial charge >= 0.3 is 0 Å². The van der Waals surface area contributed by atoms with Crippen molar-refractivity contribution in [3.63, 3.8) is 0 Å². The SMILES string of the molecule is CCN(C[C@@H]1N[C@H](CO)[C@@H]1c1ccccc1)C(=O)c1ccccc1.